The molecule has 0 radical (unpaired) electrons. The Bertz CT molecular complexity index is 871. The van der Waals surface area contributed by atoms with Crippen molar-refractivity contribution in [3.63, 3.8) is 0 Å². The summed E-state index contributed by atoms with van der Waals surface area (Å²) in [5.74, 6) is -1.32. The molecule has 1 fully saturated rings. The van der Waals surface area contributed by atoms with E-state index in [4.69, 9.17) is 4.74 Å². The van der Waals surface area contributed by atoms with Gasteiger partial charge in [-0.2, -0.15) is 0 Å². The van der Waals surface area contributed by atoms with Gasteiger partial charge < -0.3 is 4.74 Å². The molecule has 0 spiro atoms. The van der Waals surface area contributed by atoms with Crippen LogP contribution >= 0.6 is 0 Å². The predicted octanol–water partition coefficient (Wildman–Crippen LogP) is 3.20. The molecule has 0 bridgehead atoms. The fourth-order valence-electron chi connectivity index (χ4n) is 3.12. The van der Waals surface area contributed by atoms with Gasteiger partial charge in [-0.1, -0.05) is 41.5 Å². The maximum atomic E-state index is 12.8. The van der Waals surface area contributed by atoms with Gasteiger partial charge in [0.2, 0.25) is 0 Å². The second-order valence-electron chi connectivity index (χ2n) is 6.21. The number of hydrogen-bond acceptors (Lipinski definition) is 4. The van der Waals surface area contributed by atoms with Crippen LogP contribution in [0.5, 0.6) is 5.75 Å². The Kier molecular flexibility index (Phi) is 4.75. The van der Waals surface area contributed by atoms with Crippen molar-refractivity contribution in [3.8, 4) is 5.75 Å². The molecule has 0 atom stereocenters. The van der Waals surface area contributed by atoms with E-state index in [2.05, 4.69) is 0 Å². The highest BCUT2D eigenvalue weighted by Crippen LogP contribution is 2.32. The van der Waals surface area contributed by atoms with Crippen LogP contribution in [0.3, 0.4) is 0 Å². The number of urea groups is 1. The standard InChI is InChI=1S/C20H20N2O4/c1-4-26-17-8-6-5-7-16(17)22-19(24)18(23)21(20(22)25)12-15-10-13(2)9-14(3)11-15/h5-11H,4,12H2,1-3H3. The summed E-state index contributed by atoms with van der Waals surface area (Å²) in [7, 11) is 0. The first-order chi connectivity index (χ1) is 12.4. The average Bonchev–Trinajstić information content (AvgIpc) is 2.79. The molecule has 1 saturated heterocycles. The van der Waals surface area contributed by atoms with E-state index in [0.29, 0.717) is 12.4 Å². The van der Waals surface area contributed by atoms with Crippen LogP contribution in [0.25, 0.3) is 0 Å². The lowest BCUT2D eigenvalue weighted by molar-refractivity contribution is -0.139. The van der Waals surface area contributed by atoms with Crippen molar-refractivity contribution in [2.75, 3.05) is 11.5 Å². The van der Waals surface area contributed by atoms with Gasteiger partial charge in [0.1, 0.15) is 5.75 Å². The Morgan fingerprint density at radius 3 is 2.23 bits per heavy atom. The van der Waals surface area contributed by atoms with Crippen molar-refractivity contribution < 1.29 is 19.1 Å². The third-order valence-corrected chi connectivity index (χ3v) is 4.08. The molecule has 2 aromatic rings. The summed E-state index contributed by atoms with van der Waals surface area (Å²) in [5.41, 5.74) is 3.14. The lowest BCUT2D eigenvalue weighted by Gasteiger charge is -2.18. The highest BCUT2D eigenvalue weighted by molar-refractivity contribution is 6.52. The van der Waals surface area contributed by atoms with Crippen molar-refractivity contribution in [1.82, 2.24) is 4.90 Å². The maximum absolute atomic E-state index is 12.8. The summed E-state index contributed by atoms with van der Waals surface area (Å²) < 4.78 is 5.49. The van der Waals surface area contributed by atoms with Crippen LogP contribution in [-0.2, 0) is 16.1 Å². The summed E-state index contributed by atoms with van der Waals surface area (Å²) in [6.45, 7) is 6.13. The number of anilines is 1. The SMILES string of the molecule is CCOc1ccccc1N1C(=O)C(=O)N(Cc2cc(C)cc(C)c2)C1=O. The minimum absolute atomic E-state index is 0.0548. The Balaban J connectivity index is 1.93. The van der Waals surface area contributed by atoms with Crippen molar-refractivity contribution >= 4 is 23.5 Å². The van der Waals surface area contributed by atoms with E-state index in [1.807, 2.05) is 39.0 Å². The predicted molar refractivity (Wildman–Crippen MR) is 97.0 cm³/mol. The number of rotatable bonds is 5. The van der Waals surface area contributed by atoms with E-state index in [1.165, 1.54) is 0 Å². The van der Waals surface area contributed by atoms with Gasteiger partial charge in [0.05, 0.1) is 18.8 Å². The largest absolute Gasteiger partial charge is 0.492 e. The second kappa shape index (κ2) is 7.00. The van der Waals surface area contributed by atoms with Gasteiger partial charge in [-0.15, -0.1) is 0 Å². The highest BCUT2D eigenvalue weighted by atomic mass is 16.5. The van der Waals surface area contributed by atoms with Crippen molar-refractivity contribution in [3.05, 3.63) is 59.2 Å². The number of benzene rings is 2. The van der Waals surface area contributed by atoms with Crippen LogP contribution in [0.1, 0.15) is 23.6 Å². The van der Waals surface area contributed by atoms with Gasteiger partial charge in [-0.05, 0) is 38.5 Å². The zero-order chi connectivity index (χ0) is 18.8. The number of hydrogen-bond donors (Lipinski definition) is 0. The van der Waals surface area contributed by atoms with E-state index in [-0.39, 0.29) is 12.2 Å². The third kappa shape index (κ3) is 3.18. The monoisotopic (exact) mass is 352 g/mol. The zero-order valence-corrected chi connectivity index (χ0v) is 15.0. The van der Waals surface area contributed by atoms with Crippen LogP contribution in [0.4, 0.5) is 10.5 Å². The minimum Gasteiger partial charge on any atom is -0.492 e. The van der Waals surface area contributed by atoms with Gasteiger partial charge >= 0.3 is 17.8 Å². The first-order valence-corrected chi connectivity index (χ1v) is 8.41. The first kappa shape index (κ1) is 17.7. The van der Waals surface area contributed by atoms with Crippen molar-refractivity contribution in [2.45, 2.75) is 27.3 Å². The molecular formula is C20H20N2O4. The van der Waals surface area contributed by atoms with Gasteiger partial charge in [0.15, 0.2) is 0 Å². The molecule has 0 saturated carbocycles. The van der Waals surface area contributed by atoms with E-state index in [1.54, 1.807) is 24.3 Å². The van der Waals surface area contributed by atoms with E-state index < -0.39 is 17.8 Å². The molecule has 3 rings (SSSR count). The smallest absolute Gasteiger partial charge is 0.339 e. The molecule has 0 N–H and O–H groups in total. The first-order valence-electron chi connectivity index (χ1n) is 8.41. The Labute approximate surface area is 152 Å². The van der Waals surface area contributed by atoms with Crippen LogP contribution in [0, 0.1) is 13.8 Å². The van der Waals surface area contributed by atoms with Crippen LogP contribution < -0.4 is 9.64 Å². The Hall–Kier alpha value is -3.15. The van der Waals surface area contributed by atoms with Gasteiger partial charge in [0.25, 0.3) is 0 Å². The van der Waals surface area contributed by atoms with E-state index in [0.717, 1.165) is 26.5 Å². The van der Waals surface area contributed by atoms with E-state index in [9.17, 15) is 14.4 Å². The molecule has 1 aliphatic heterocycles. The third-order valence-electron chi connectivity index (χ3n) is 4.08. The topological polar surface area (TPSA) is 66.9 Å². The van der Waals surface area contributed by atoms with Crippen LogP contribution in [-0.4, -0.2) is 29.4 Å². The maximum Gasteiger partial charge on any atom is 0.339 e. The van der Waals surface area contributed by atoms with Crippen LogP contribution in [0.15, 0.2) is 42.5 Å². The van der Waals surface area contributed by atoms with Crippen molar-refractivity contribution in [1.29, 1.82) is 0 Å². The van der Waals surface area contributed by atoms with Gasteiger partial charge in [-0.3, -0.25) is 14.5 Å². The molecule has 6 nitrogen and oxygen atoms in total. The van der Waals surface area contributed by atoms with Gasteiger partial charge in [0, 0.05) is 0 Å². The minimum atomic E-state index is -0.869. The zero-order valence-electron chi connectivity index (χ0n) is 15.0. The van der Waals surface area contributed by atoms with Gasteiger partial charge in [-0.25, -0.2) is 9.69 Å². The summed E-state index contributed by atoms with van der Waals surface area (Å²) in [6, 6.07) is 11.8. The molecule has 0 aromatic heterocycles. The molecule has 2 aromatic carbocycles. The molecule has 26 heavy (non-hydrogen) atoms. The average molecular weight is 352 g/mol. The number of amides is 4. The lowest BCUT2D eigenvalue weighted by Crippen LogP contribution is -2.33. The molecule has 0 unspecified atom stereocenters. The summed E-state index contributed by atoms with van der Waals surface area (Å²) in [6.07, 6.45) is 0. The molecule has 1 heterocycles. The number of nitrogens with zero attached hydrogens (tertiary/aromatic N) is 2. The fraction of sp³-hybridized carbons (Fsp3) is 0.250. The van der Waals surface area contributed by atoms with Crippen molar-refractivity contribution in [2.24, 2.45) is 0 Å². The number of para-hydroxylation sites is 2. The quantitative estimate of drug-likeness (QED) is 0.612. The number of imide groups is 2. The molecular weight excluding hydrogens is 332 g/mol. The molecule has 134 valence electrons. The Morgan fingerprint density at radius 2 is 1.58 bits per heavy atom. The number of carbonyl (C=O) groups excluding carboxylic acids is 3. The normalized spacial score (nSPS) is 14.3. The summed E-state index contributed by atoms with van der Waals surface area (Å²) in [5, 5.41) is 0. The van der Waals surface area contributed by atoms with E-state index >= 15 is 0 Å². The fourth-order valence-corrected chi connectivity index (χ4v) is 3.12. The summed E-state index contributed by atoms with van der Waals surface area (Å²) in [4.78, 5) is 39.5. The van der Waals surface area contributed by atoms with Crippen LogP contribution in [0.2, 0.25) is 0 Å². The second-order valence-corrected chi connectivity index (χ2v) is 6.21. The number of carbonyl (C=O) groups is 3. The molecule has 1 aliphatic rings. The summed E-state index contributed by atoms with van der Waals surface area (Å²) >= 11 is 0. The number of ether oxygens (including phenoxy) is 1. The highest BCUT2D eigenvalue weighted by Gasteiger charge is 2.46. The number of aryl methyl sites for hydroxylation is 2. The molecule has 4 amide bonds. The lowest BCUT2D eigenvalue weighted by atomic mass is 10.1. The molecule has 0 aliphatic carbocycles. The Morgan fingerprint density at radius 1 is 0.923 bits per heavy atom. The molecule has 6 heteroatoms.